The van der Waals surface area contributed by atoms with Crippen LogP contribution in [-0.2, 0) is 11.2 Å². The molecule has 1 amide bonds. The highest BCUT2D eigenvalue weighted by atomic mass is 35.5. The van der Waals surface area contributed by atoms with Gasteiger partial charge in [-0.05, 0) is 61.2 Å². The molecule has 116 valence electrons. The minimum absolute atomic E-state index is 0.0259. The summed E-state index contributed by atoms with van der Waals surface area (Å²) in [5.74, 6) is -0.120. The summed E-state index contributed by atoms with van der Waals surface area (Å²) in [6.45, 7) is 0. The fourth-order valence-electron chi connectivity index (χ4n) is 3.34. The number of H-pyrrole nitrogens is 1. The van der Waals surface area contributed by atoms with Crippen molar-refractivity contribution in [3.8, 4) is 0 Å². The highest BCUT2D eigenvalue weighted by Crippen LogP contribution is 2.37. The number of nitrogens with zero attached hydrogens (tertiary/aromatic N) is 1. The van der Waals surface area contributed by atoms with Crippen molar-refractivity contribution in [3.63, 3.8) is 0 Å². The van der Waals surface area contributed by atoms with E-state index in [4.69, 9.17) is 11.6 Å². The van der Waals surface area contributed by atoms with E-state index in [1.807, 2.05) is 24.3 Å². The summed E-state index contributed by atoms with van der Waals surface area (Å²) in [4.78, 5) is 20.5. The number of carbonyl (C=O) groups is 1. The molecule has 0 fully saturated rings. The molecule has 0 bridgehead atoms. The van der Waals surface area contributed by atoms with Crippen LogP contribution in [0.3, 0.4) is 0 Å². The number of pyridine rings is 1. The van der Waals surface area contributed by atoms with Crippen LogP contribution < -0.4 is 5.32 Å². The van der Waals surface area contributed by atoms with E-state index in [1.165, 1.54) is 0 Å². The third-order valence-corrected chi connectivity index (χ3v) is 4.64. The van der Waals surface area contributed by atoms with Crippen molar-refractivity contribution in [2.45, 2.75) is 25.2 Å². The molecule has 0 saturated heterocycles. The topological polar surface area (TPSA) is 57.8 Å². The smallest absolute Gasteiger partial charge is 0.232 e. The predicted molar refractivity (Wildman–Crippen MR) is 91.9 cm³/mol. The molecule has 2 heterocycles. The van der Waals surface area contributed by atoms with Crippen LogP contribution in [0, 0.1) is 0 Å². The molecule has 23 heavy (non-hydrogen) atoms. The molecule has 1 aliphatic carbocycles. The number of halogens is 1. The van der Waals surface area contributed by atoms with E-state index >= 15 is 0 Å². The Morgan fingerprint density at radius 3 is 2.91 bits per heavy atom. The number of amides is 1. The van der Waals surface area contributed by atoms with Crippen molar-refractivity contribution in [1.82, 2.24) is 9.97 Å². The lowest BCUT2D eigenvalue weighted by molar-refractivity contribution is -0.117. The molecular formula is C18H16ClN3O. The van der Waals surface area contributed by atoms with Gasteiger partial charge < -0.3 is 10.3 Å². The summed E-state index contributed by atoms with van der Waals surface area (Å²) < 4.78 is 0. The number of anilines is 1. The molecule has 4 rings (SSSR count). The molecule has 0 saturated carbocycles. The summed E-state index contributed by atoms with van der Waals surface area (Å²) in [6.07, 6.45) is 4.59. The molecule has 1 atom stereocenters. The molecule has 2 N–H and O–H groups in total. The van der Waals surface area contributed by atoms with Gasteiger partial charge in [0.05, 0.1) is 5.92 Å². The second-order valence-electron chi connectivity index (χ2n) is 5.86. The Balaban J connectivity index is 1.68. The lowest BCUT2D eigenvalue weighted by atomic mass is 9.84. The van der Waals surface area contributed by atoms with Crippen LogP contribution in [0.5, 0.6) is 0 Å². The normalized spacial score (nSPS) is 17.0. The van der Waals surface area contributed by atoms with Crippen molar-refractivity contribution < 1.29 is 4.79 Å². The van der Waals surface area contributed by atoms with E-state index in [-0.39, 0.29) is 11.8 Å². The summed E-state index contributed by atoms with van der Waals surface area (Å²) in [5, 5.41) is 4.71. The second kappa shape index (κ2) is 5.70. The number of aromatic amines is 1. The maximum Gasteiger partial charge on any atom is 0.232 e. The van der Waals surface area contributed by atoms with Gasteiger partial charge in [0.1, 0.15) is 5.65 Å². The Morgan fingerprint density at radius 1 is 1.26 bits per heavy atom. The minimum atomic E-state index is -0.146. The molecule has 0 spiro atoms. The minimum Gasteiger partial charge on any atom is -0.343 e. The number of rotatable bonds is 2. The van der Waals surface area contributed by atoms with Crippen LogP contribution in [-0.4, -0.2) is 15.9 Å². The lowest BCUT2D eigenvalue weighted by Gasteiger charge is -2.22. The van der Waals surface area contributed by atoms with Crippen LogP contribution in [0.25, 0.3) is 11.0 Å². The predicted octanol–water partition coefficient (Wildman–Crippen LogP) is 4.27. The van der Waals surface area contributed by atoms with Crippen molar-refractivity contribution in [2.24, 2.45) is 0 Å². The van der Waals surface area contributed by atoms with Gasteiger partial charge in [0.25, 0.3) is 0 Å². The average molecular weight is 326 g/mol. The monoisotopic (exact) mass is 325 g/mol. The molecule has 1 aliphatic rings. The van der Waals surface area contributed by atoms with E-state index in [9.17, 15) is 4.79 Å². The fraction of sp³-hybridized carbons (Fsp3) is 0.222. The summed E-state index contributed by atoms with van der Waals surface area (Å²) >= 11 is 5.89. The maximum atomic E-state index is 12.8. The summed E-state index contributed by atoms with van der Waals surface area (Å²) in [6, 6.07) is 11.1. The van der Waals surface area contributed by atoms with E-state index in [2.05, 4.69) is 15.3 Å². The molecule has 3 aromatic rings. The summed E-state index contributed by atoms with van der Waals surface area (Å²) in [7, 11) is 0. The van der Waals surface area contributed by atoms with Crippen LogP contribution in [0.1, 0.15) is 30.0 Å². The van der Waals surface area contributed by atoms with Crippen LogP contribution >= 0.6 is 11.6 Å². The van der Waals surface area contributed by atoms with Gasteiger partial charge in [0.15, 0.2) is 0 Å². The molecule has 4 nitrogen and oxygen atoms in total. The molecule has 5 heteroatoms. The van der Waals surface area contributed by atoms with Gasteiger partial charge in [-0.1, -0.05) is 11.6 Å². The Kier molecular flexibility index (Phi) is 3.54. The maximum absolute atomic E-state index is 12.8. The first kappa shape index (κ1) is 14.3. The Labute approximate surface area is 138 Å². The second-order valence-corrected chi connectivity index (χ2v) is 6.29. The molecule has 2 aromatic heterocycles. The Hall–Kier alpha value is -2.33. The fourth-order valence-corrected chi connectivity index (χ4v) is 3.47. The van der Waals surface area contributed by atoms with Crippen molar-refractivity contribution >= 4 is 34.2 Å². The van der Waals surface area contributed by atoms with E-state index in [0.717, 1.165) is 47.2 Å². The Morgan fingerprint density at radius 2 is 2.09 bits per heavy atom. The van der Waals surface area contributed by atoms with Gasteiger partial charge in [0, 0.05) is 28.0 Å². The number of aromatic nitrogens is 2. The highest BCUT2D eigenvalue weighted by molar-refractivity contribution is 6.30. The van der Waals surface area contributed by atoms with E-state index in [1.54, 1.807) is 18.3 Å². The number of aryl methyl sites for hydroxylation is 1. The first-order chi connectivity index (χ1) is 11.2. The van der Waals surface area contributed by atoms with Gasteiger partial charge in [-0.15, -0.1) is 0 Å². The lowest BCUT2D eigenvalue weighted by Crippen LogP contribution is -2.24. The van der Waals surface area contributed by atoms with Gasteiger partial charge >= 0.3 is 0 Å². The van der Waals surface area contributed by atoms with Crippen LogP contribution in [0.4, 0.5) is 5.69 Å². The molecular weight excluding hydrogens is 310 g/mol. The Bertz CT molecular complexity index is 870. The first-order valence-corrected chi connectivity index (χ1v) is 8.12. The number of fused-ring (bicyclic) bond motifs is 3. The van der Waals surface area contributed by atoms with Gasteiger partial charge in [-0.3, -0.25) is 4.79 Å². The molecule has 1 unspecified atom stereocenters. The van der Waals surface area contributed by atoms with E-state index < -0.39 is 0 Å². The third-order valence-electron chi connectivity index (χ3n) is 4.39. The van der Waals surface area contributed by atoms with Crippen LogP contribution in [0.2, 0.25) is 5.02 Å². The quantitative estimate of drug-likeness (QED) is 0.739. The zero-order valence-corrected chi connectivity index (χ0v) is 13.2. The van der Waals surface area contributed by atoms with Gasteiger partial charge in [0.2, 0.25) is 5.91 Å². The SMILES string of the molecule is O=C(Nc1ccc(Cl)cc1)C1CCCc2[nH]c3ncccc3c21. The number of benzene rings is 1. The van der Waals surface area contributed by atoms with Crippen LogP contribution in [0.15, 0.2) is 42.6 Å². The first-order valence-electron chi connectivity index (χ1n) is 7.74. The van der Waals surface area contributed by atoms with Gasteiger partial charge in [-0.25, -0.2) is 4.98 Å². The standard InChI is InChI=1S/C18H16ClN3O/c19-11-6-8-12(9-7-11)21-18(23)14-3-1-5-15-16(14)13-4-2-10-20-17(13)22-15/h2,4,6-10,14H,1,3,5H2,(H,20,22)(H,21,23). The molecule has 0 aliphatic heterocycles. The van der Waals surface area contributed by atoms with Crippen molar-refractivity contribution in [1.29, 1.82) is 0 Å². The number of hydrogen-bond donors (Lipinski definition) is 2. The average Bonchev–Trinajstić information content (AvgIpc) is 2.95. The van der Waals surface area contributed by atoms with Gasteiger partial charge in [-0.2, -0.15) is 0 Å². The number of nitrogens with one attached hydrogen (secondary N) is 2. The van der Waals surface area contributed by atoms with Crippen molar-refractivity contribution in [2.75, 3.05) is 5.32 Å². The molecule has 1 aromatic carbocycles. The summed E-state index contributed by atoms with van der Waals surface area (Å²) in [5.41, 5.74) is 3.88. The van der Waals surface area contributed by atoms with Crippen molar-refractivity contribution in [3.05, 3.63) is 58.9 Å². The third kappa shape index (κ3) is 2.59. The molecule has 0 radical (unpaired) electrons. The zero-order valence-electron chi connectivity index (χ0n) is 12.5. The van der Waals surface area contributed by atoms with E-state index in [0.29, 0.717) is 5.02 Å². The number of carbonyl (C=O) groups excluding carboxylic acids is 1. The zero-order chi connectivity index (χ0) is 15.8. The largest absolute Gasteiger partial charge is 0.343 e. The highest BCUT2D eigenvalue weighted by Gasteiger charge is 2.30. The number of hydrogen-bond acceptors (Lipinski definition) is 2.